The highest BCUT2D eigenvalue weighted by Crippen LogP contribution is 2.20. The Morgan fingerprint density at radius 2 is 1.67 bits per heavy atom. The Morgan fingerprint density at radius 1 is 1.08 bits per heavy atom. The van der Waals surface area contributed by atoms with E-state index in [1.165, 1.54) is 11.3 Å². The first kappa shape index (κ1) is 9.24. The lowest BCUT2D eigenvalue weighted by Gasteiger charge is -2.18. The maximum absolute atomic E-state index is 4.54. The first-order valence-electron chi connectivity index (χ1n) is 4.36. The van der Waals surface area contributed by atoms with Gasteiger partial charge in [0, 0.05) is 16.8 Å². The van der Waals surface area contributed by atoms with Crippen LogP contribution >= 0.6 is 0 Å². The SMILES string of the molecule is Cc1ccc(C(C)(C)C)nc1C. The van der Waals surface area contributed by atoms with Crippen LogP contribution in [0.4, 0.5) is 0 Å². The number of hydrogen-bond acceptors (Lipinski definition) is 1. The minimum absolute atomic E-state index is 0.165. The van der Waals surface area contributed by atoms with Gasteiger partial charge < -0.3 is 0 Å². The molecule has 1 rings (SSSR count). The number of nitrogens with zero attached hydrogens (tertiary/aromatic N) is 1. The van der Waals surface area contributed by atoms with E-state index >= 15 is 0 Å². The highest BCUT2D eigenvalue weighted by molar-refractivity contribution is 5.23. The Kier molecular flexibility index (Phi) is 2.22. The van der Waals surface area contributed by atoms with Gasteiger partial charge in [0.2, 0.25) is 0 Å². The molecule has 0 atom stereocenters. The van der Waals surface area contributed by atoms with Gasteiger partial charge in [0.05, 0.1) is 0 Å². The zero-order chi connectivity index (χ0) is 9.35. The van der Waals surface area contributed by atoms with Crippen molar-refractivity contribution in [1.82, 2.24) is 4.98 Å². The molecule has 1 nitrogen and oxygen atoms in total. The Labute approximate surface area is 74.8 Å². The van der Waals surface area contributed by atoms with Crippen molar-refractivity contribution in [3.63, 3.8) is 0 Å². The van der Waals surface area contributed by atoms with Gasteiger partial charge in [-0.2, -0.15) is 0 Å². The van der Waals surface area contributed by atoms with Crippen molar-refractivity contribution in [3.05, 3.63) is 29.1 Å². The van der Waals surface area contributed by atoms with E-state index in [4.69, 9.17) is 0 Å². The van der Waals surface area contributed by atoms with E-state index in [0.717, 1.165) is 5.69 Å². The van der Waals surface area contributed by atoms with Crippen LogP contribution in [0.2, 0.25) is 0 Å². The second-order valence-electron chi connectivity index (χ2n) is 4.35. The molecular weight excluding hydrogens is 146 g/mol. The maximum Gasteiger partial charge on any atom is 0.0460 e. The summed E-state index contributed by atoms with van der Waals surface area (Å²) in [5, 5.41) is 0. The molecule has 0 aliphatic rings. The average Bonchev–Trinajstić information content (AvgIpc) is 1.92. The lowest BCUT2D eigenvalue weighted by Crippen LogP contribution is -2.14. The van der Waals surface area contributed by atoms with Crippen LogP contribution in [-0.4, -0.2) is 4.98 Å². The first-order valence-corrected chi connectivity index (χ1v) is 4.36. The molecule has 0 saturated heterocycles. The molecule has 1 heteroatoms. The highest BCUT2D eigenvalue weighted by Gasteiger charge is 2.15. The highest BCUT2D eigenvalue weighted by atomic mass is 14.7. The predicted octanol–water partition coefficient (Wildman–Crippen LogP) is 3.00. The molecule has 0 spiro atoms. The van der Waals surface area contributed by atoms with E-state index < -0.39 is 0 Å². The molecule has 0 radical (unpaired) electrons. The maximum atomic E-state index is 4.54. The van der Waals surface area contributed by atoms with Crippen LogP contribution in [0.15, 0.2) is 12.1 Å². The summed E-state index contributed by atoms with van der Waals surface area (Å²) in [7, 11) is 0. The summed E-state index contributed by atoms with van der Waals surface area (Å²) in [6, 6.07) is 4.26. The molecule has 12 heavy (non-hydrogen) atoms. The monoisotopic (exact) mass is 163 g/mol. The first-order chi connectivity index (χ1) is 5.41. The second kappa shape index (κ2) is 2.89. The fraction of sp³-hybridized carbons (Fsp3) is 0.545. The third kappa shape index (κ3) is 1.84. The fourth-order valence-corrected chi connectivity index (χ4v) is 1.05. The number of rotatable bonds is 0. The summed E-state index contributed by atoms with van der Waals surface area (Å²) in [5.74, 6) is 0. The standard InChI is InChI=1S/C11H17N/c1-8-6-7-10(11(3,4)5)12-9(8)2/h6-7H,1-5H3. The van der Waals surface area contributed by atoms with Gasteiger partial charge in [-0.1, -0.05) is 26.8 Å². The summed E-state index contributed by atoms with van der Waals surface area (Å²) < 4.78 is 0. The fourth-order valence-electron chi connectivity index (χ4n) is 1.05. The summed E-state index contributed by atoms with van der Waals surface area (Å²) in [5.41, 5.74) is 3.74. The number of aryl methyl sites for hydroxylation is 2. The van der Waals surface area contributed by atoms with Crippen molar-refractivity contribution in [3.8, 4) is 0 Å². The summed E-state index contributed by atoms with van der Waals surface area (Å²) in [6.07, 6.45) is 0. The van der Waals surface area contributed by atoms with Gasteiger partial charge in [0.25, 0.3) is 0 Å². The molecule has 0 N–H and O–H groups in total. The third-order valence-electron chi connectivity index (χ3n) is 2.12. The van der Waals surface area contributed by atoms with Crippen LogP contribution < -0.4 is 0 Å². The van der Waals surface area contributed by atoms with Gasteiger partial charge in [0.15, 0.2) is 0 Å². The normalized spacial score (nSPS) is 11.8. The molecule has 0 aromatic carbocycles. The Bertz CT molecular complexity index is 282. The van der Waals surface area contributed by atoms with E-state index in [9.17, 15) is 0 Å². The minimum atomic E-state index is 0.165. The van der Waals surface area contributed by atoms with Gasteiger partial charge in [-0.3, -0.25) is 4.98 Å². The number of pyridine rings is 1. The lowest BCUT2D eigenvalue weighted by molar-refractivity contribution is 0.566. The molecule has 0 saturated carbocycles. The van der Waals surface area contributed by atoms with E-state index in [0.29, 0.717) is 0 Å². The van der Waals surface area contributed by atoms with Gasteiger partial charge in [-0.15, -0.1) is 0 Å². The molecule has 0 unspecified atom stereocenters. The zero-order valence-corrected chi connectivity index (χ0v) is 8.60. The van der Waals surface area contributed by atoms with Crippen LogP contribution in [-0.2, 0) is 5.41 Å². The molecule has 0 bridgehead atoms. The number of hydrogen-bond donors (Lipinski definition) is 0. The van der Waals surface area contributed by atoms with Crippen molar-refractivity contribution >= 4 is 0 Å². The summed E-state index contributed by atoms with van der Waals surface area (Å²) >= 11 is 0. The molecule has 1 aromatic rings. The van der Waals surface area contributed by atoms with Crippen molar-refractivity contribution in [1.29, 1.82) is 0 Å². The van der Waals surface area contributed by atoms with Crippen molar-refractivity contribution in [2.45, 2.75) is 40.0 Å². The molecule has 0 amide bonds. The summed E-state index contributed by atoms with van der Waals surface area (Å²) in [6.45, 7) is 10.7. The zero-order valence-electron chi connectivity index (χ0n) is 8.60. The Morgan fingerprint density at radius 3 is 2.08 bits per heavy atom. The smallest absolute Gasteiger partial charge is 0.0460 e. The second-order valence-corrected chi connectivity index (χ2v) is 4.35. The Hall–Kier alpha value is -0.850. The van der Waals surface area contributed by atoms with Crippen molar-refractivity contribution < 1.29 is 0 Å². The van der Waals surface area contributed by atoms with Crippen molar-refractivity contribution in [2.24, 2.45) is 0 Å². The summed E-state index contributed by atoms with van der Waals surface area (Å²) in [4.78, 5) is 4.54. The van der Waals surface area contributed by atoms with Gasteiger partial charge in [-0.05, 0) is 25.5 Å². The molecule has 66 valence electrons. The molecule has 1 aromatic heterocycles. The van der Waals surface area contributed by atoms with E-state index in [1.54, 1.807) is 0 Å². The lowest BCUT2D eigenvalue weighted by atomic mass is 9.91. The van der Waals surface area contributed by atoms with Crippen LogP contribution in [0.1, 0.15) is 37.7 Å². The molecule has 0 fully saturated rings. The van der Waals surface area contributed by atoms with Crippen LogP contribution in [0.5, 0.6) is 0 Å². The van der Waals surface area contributed by atoms with Crippen molar-refractivity contribution in [2.75, 3.05) is 0 Å². The minimum Gasteiger partial charge on any atom is -0.257 e. The number of aromatic nitrogens is 1. The molecule has 1 heterocycles. The van der Waals surface area contributed by atoms with E-state index in [1.807, 2.05) is 0 Å². The van der Waals surface area contributed by atoms with E-state index in [-0.39, 0.29) is 5.41 Å². The van der Waals surface area contributed by atoms with Crippen LogP contribution in [0.25, 0.3) is 0 Å². The molecule has 0 aliphatic heterocycles. The van der Waals surface area contributed by atoms with Gasteiger partial charge in [-0.25, -0.2) is 0 Å². The quantitative estimate of drug-likeness (QED) is 0.573. The van der Waals surface area contributed by atoms with E-state index in [2.05, 4.69) is 51.7 Å². The van der Waals surface area contributed by atoms with Crippen LogP contribution in [0, 0.1) is 13.8 Å². The average molecular weight is 163 g/mol. The third-order valence-corrected chi connectivity index (χ3v) is 2.12. The van der Waals surface area contributed by atoms with Gasteiger partial charge >= 0.3 is 0 Å². The van der Waals surface area contributed by atoms with Crippen LogP contribution in [0.3, 0.4) is 0 Å². The largest absolute Gasteiger partial charge is 0.257 e. The molecule has 0 aliphatic carbocycles. The topological polar surface area (TPSA) is 12.9 Å². The predicted molar refractivity (Wildman–Crippen MR) is 52.4 cm³/mol. The van der Waals surface area contributed by atoms with Gasteiger partial charge in [0.1, 0.15) is 0 Å². The molecular formula is C11H17N. The Balaban J connectivity index is 3.14.